The normalized spacial score (nSPS) is 24.6. The molecule has 5 nitrogen and oxygen atoms in total. The topological polar surface area (TPSA) is 81.4 Å². The van der Waals surface area contributed by atoms with E-state index in [1.807, 2.05) is 0 Å². The Labute approximate surface area is 111 Å². The van der Waals surface area contributed by atoms with Gasteiger partial charge in [0.2, 0.25) is 10.0 Å². The number of sulfonamides is 1. The molecule has 1 aliphatic carbocycles. The van der Waals surface area contributed by atoms with Crippen LogP contribution in [0.1, 0.15) is 24.1 Å². The Kier molecular flexibility index (Phi) is 4.39. The Morgan fingerprint density at radius 2 is 2.28 bits per heavy atom. The van der Waals surface area contributed by atoms with Crippen molar-refractivity contribution in [3.63, 3.8) is 0 Å². The molecule has 0 aliphatic heterocycles. The molecule has 0 amide bonds. The molecule has 0 aromatic carbocycles. The van der Waals surface area contributed by atoms with E-state index < -0.39 is 10.0 Å². The van der Waals surface area contributed by atoms with Crippen molar-refractivity contribution in [3.8, 4) is 0 Å². The number of hydrogen-bond donors (Lipinski definition) is 2. The summed E-state index contributed by atoms with van der Waals surface area (Å²) in [5.41, 5.74) is 5.48. The quantitative estimate of drug-likeness (QED) is 0.849. The van der Waals surface area contributed by atoms with Gasteiger partial charge >= 0.3 is 0 Å². The van der Waals surface area contributed by atoms with Crippen molar-refractivity contribution < 1.29 is 13.2 Å². The highest BCUT2D eigenvalue weighted by atomic mass is 32.2. The average Bonchev–Trinajstić information content (AvgIpc) is 2.96. The van der Waals surface area contributed by atoms with Crippen molar-refractivity contribution in [1.29, 1.82) is 0 Å². The van der Waals surface area contributed by atoms with Crippen LogP contribution in [-0.2, 0) is 21.3 Å². The Hall–Kier alpha value is -0.470. The zero-order valence-corrected chi connectivity index (χ0v) is 11.9. The van der Waals surface area contributed by atoms with Crippen molar-refractivity contribution >= 4 is 21.4 Å². The van der Waals surface area contributed by atoms with E-state index in [2.05, 4.69) is 4.72 Å². The molecule has 1 aromatic rings. The predicted octanol–water partition coefficient (Wildman–Crippen LogP) is 1.05. The van der Waals surface area contributed by atoms with Crippen LogP contribution in [-0.4, -0.2) is 27.7 Å². The molecule has 7 heteroatoms. The molecule has 0 spiro atoms. The first-order chi connectivity index (χ1) is 8.55. The van der Waals surface area contributed by atoms with Crippen molar-refractivity contribution in [2.24, 2.45) is 5.73 Å². The second-order valence-corrected chi connectivity index (χ2v) is 7.52. The smallest absolute Gasteiger partial charge is 0.250 e. The van der Waals surface area contributed by atoms with Gasteiger partial charge in [-0.2, -0.15) is 0 Å². The Morgan fingerprint density at radius 3 is 2.83 bits per heavy atom. The highest BCUT2D eigenvalue weighted by Gasteiger charge is 2.29. The zero-order chi connectivity index (χ0) is 13.2. The van der Waals surface area contributed by atoms with Crippen molar-refractivity contribution in [1.82, 2.24) is 4.72 Å². The minimum Gasteiger partial charge on any atom is -0.381 e. The van der Waals surface area contributed by atoms with E-state index in [9.17, 15) is 8.42 Å². The molecule has 2 rings (SSSR count). The maximum absolute atomic E-state index is 12.1. The summed E-state index contributed by atoms with van der Waals surface area (Å²) in [5.74, 6) is 0. The Balaban J connectivity index is 2.03. The number of methoxy groups -OCH3 is 1. The first kappa shape index (κ1) is 14.0. The van der Waals surface area contributed by atoms with Crippen LogP contribution in [0.15, 0.2) is 16.3 Å². The summed E-state index contributed by atoms with van der Waals surface area (Å²) >= 11 is 1.22. The maximum Gasteiger partial charge on any atom is 0.250 e. The fourth-order valence-corrected chi connectivity index (χ4v) is 4.69. The largest absolute Gasteiger partial charge is 0.381 e. The molecule has 1 aromatic heterocycles. The molecule has 2 unspecified atom stereocenters. The summed E-state index contributed by atoms with van der Waals surface area (Å²) < 4.78 is 32.6. The number of rotatable bonds is 5. The summed E-state index contributed by atoms with van der Waals surface area (Å²) in [4.78, 5) is 0.872. The summed E-state index contributed by atoms with van der Waals surface area (Å²) in [6.07, 6.45) is 2.64. The molecular weight excluding hydrogens is 272 g/mol. The lowest BCUT2D eigenvalue weighted by atomic mass is 10.3. The van der Waals surface area contributed by atoms with Gasteiger partial charge in [-0.05, 0) is 31.4 Å². The van der Waals surface area contributed by atoms with Gasteiger partial charge in [-0.3, -0.25) is 0 Å². The van der Waals surface area contributed by atoms with Crippen molar-refractivity contribution in [2.75, 3.05) is 7.11 Å². The molecule has 102 valence electrons. The predicted molar refractivity (Wildman–Crippen MR) is 71.0 cm³/mol. The molecule has 0 radical (unpaired) electrons. The fourth-order valence-electron chi connectivity index (χ4n) is 2.15. The number of nitrogens with two attached hydrogens (primary N) is 1. The van der Waals surface area contributed by atoms with Crippen LogP contribution in [0.25, 0.3) is 0 Å². The second kappa shape index (κ2) is 5.66. The summed E-state index contributed by atoms with van der Waals surface area (Å²) in [6.45, 7) is 0.370. The first-order valence-electron chi connectivity index (χ1n) is 5.89. The monoisotopic (exact) mass is 290 g/mol. The maximum atomic E-state index is 12.1. The van der Waals surface area contributed by atoms with E-state index in [-0.39, 0.29) is 12.1 Å². The summed E-state index contributed by atoms with van der Waals surface area (Å²) in [7, 11) is -1.75. The number of ether oxygens (including phenoxy) is 1. The molecule has 3 N–H and O–H groups in total. The van der Waals surface area contributed by atoms with Gasteiger partial charge in [-0.15, -0.1) is 11.3 Å². The molecule has 0 saturated heterocycles. The third kappa shape index (κ3) is 3.10. The van der Waals surface area contributed by atoms with Crippen LogP contribution in [0, 0.1) is 0 Å². The minimum atomic E-state index is -3.41. The molecule has 0 bridgehead atoms. The van der Waals surface area contributed by atoms with Gasteiger partial charge < -0.3 is 10.5 Å². The lowest BCUT2D eigenvalue weighted by molar-refractivity contribution is 0.107. The summed E-state index contributed by atoms with van der Waals surface area (Å²) in [6, 6.07) is 3.34. The van der Waals surface area contributed by atoms with E-state index >= 15 is 0 Å². The molecule has 2 atom stereocenters. The Morgan fingerprint density at radius 1 is 1.50 bits per heavy atom. The van der Waals surface area contributed by atoms with Crippen LogP contribution in [0.5, 0.6) is 0 Å². The van der Waals surface area contributed by atoms with Gasteiger partial charge in [0, 0.05) is 24.6 Å². The third-order valence-corrected chi connectivity index (χ3v) is 6.26. The Bertz CT molecular complexity index is 498. The standard InChI is InChI=1S/C11H18N2O3S2/c1-16-9-3-2-8(6-9)13-18(14,15)11-5-4-10(7-12)17-11/h4-5,8-9,13H,2-3,6-7,12H2,1H3. The van der Waals surface area contributed by atoms with E-state index in [1.165, 1.54) is 11.3 Å². The first-order valence-corrected chi connectivity index (χ1v) is 8.19. The number of nitrogens with one attached hydrogen (secondary N) is 1. The molecule has 18 heavy (non-hydrogen) atoms. The van der Waals surface area contributed by atoms with E-state index in [0.717, 1.165) is 24.1 Å². The number of hydrogen-bond acceptors (Lipinski definition) is 5. The fraction of sp³-hybridized carbons (Fsp3) is 0.636. The van der Waals surface area contributed by atoms with E-state index in [0.29, 0.717) is 10.8 Å². The van der Waals surface area contributed by atoms with E-state index in [4.69, 9.17) is 10.5 Å². The molecule has 1 aliphatic rings. The van der Waals surface area contributed by atoms with Crippen molar-refractivity contribution in [2.45, 2.75) is 42.2 Å². The minimum absolute atomic E-state index is 0.0247. The van der Waals surface area contributed by atoms with Gasteiger partial charge in [0.05, 0.1) is 6.10 Å². The van der Waals surface area contributed by atoms with Crippen LogP contribution in [0.2, 0.25) is 0 Å². The molecule has 1 fully saturated rings. The van der Waals surface area contributed by atoms with Gasteiger partial charge in [0.25, 0.3) is 0 Å². The zero-order valence-electron chi connectivity index (χ0n) is 10.3. The van der Waals surface area contributed by atoms with Crippen molar-refractivity contribution in [3.05, 3.63) is 17.0 Å². The third-order valence-electron chi connectivity index (χ3n) is 3.14. The van der Waals surface area contributed by atoms with Crippen LogP contribution in [0.4, 0.5) is 0 Å². The van der Waals surface area contributed by atoms with Crippen LogP contribution in [0.3, 0.4) is 0 Å². The van der Waals surface area contributed by atoms with Gasteiger partial charge in [0.15, 0.2) is 0 Å². The number of thiophene rings is 1. The highest BCUT2D eigenvalue weighted by Crippen LogP contribution is 2.25. The average molecular weight is 290 g/mol. The lowest BCUT2D eigenvalue weighted by Gasteiger charge is -2.12. The molecule has 1 heterocycles. The molecule has 1 saturated carbocycles. The van der Waals surface area contributed by atoms with Crippen LogP contribution < -0.4 is 10.5 Å². The SMILES string of the molecule is COC1CCC(NS(=O)(=O)c2ccc(CN)s2)C1. The lowest BCUT2D eigenvalue weighted by Crippen LogP contribution is -2.32. The van der Waals surface area contributed by atoms with E-state index in [1.54, 1.807) is 19.2 Å². The second-order valence-electron chi connectivity index (χ2n) is 4.41. The summed E-state index contributed by atoms with van der Waals surface area (Å²) in [5, 5.41) is 0. The molecular formula is C11H18N2O3S2. The van der Waals surface area contributed by atoms with Gasteiger partial charge in [0.1, 0.15) is 4.21 Å². The highest BCUT2D eigenvalue weighted by molar-refractivity contribution is 7.91. The van der Waals surface area contributed by atoms with Crippen LogP contribution >= 0.6 is 11.3 Å². The van der Waals surface area contributed by atoms with Gasteiger partial charge in [-0.25, -0.2) is 13.1 Å². The van der Waals surface area contributed by atoms with Gasteiger partial charge in [-0.1, -0.05) is 0 Å².